The molecule has 1 atom stereocenters. The molecule has 4 nitrogen and oxygen atoms in total. The van der Waals surface area contributed by atoms with Crippen LogP contribution in [0.1, 0.15) is 30.9 Å². The summed E-state index contributed by atoms with van der Waals surface area (Å²) in [7, 11) is 1.74. The number of likely N-dealkylation sites (tertiary alicyclic amines) is 1. The van der Waals surface area contributed by atoms with E-state index in [-0.39, 0.29) is 17.3 Å². The first-order chi connectivity index (χ1) is 9.43. The minimum absolute atomic E-state index is 0.0917. The van der Waals surface area contributed by atoms with Gasteiger partial charge in [-0.25, -0.2) is 4.39 Å². The zero-order chi connectivity index (χ0) is 14.8. The van der Waals surface area contributed by atoms with Crippen molar-refractivity contribution in [1.82, 2.24) is 4.90 Å². The third-order valence-corrected chi connectivity index (χ3v) is 3.99. The van der Waals surface area contributed by atoms with Crippen molar-refractivity contribution >= 4 is 5.84 Å². The Labute approximate surface area is 119 Å². The van der Waals surface area contributed by atoms with Gasteiger partial charge in [-0.1, -0.05) is 6.07 Å². The van der Waals surface area contributed by atoms with Crippen LogP contribution in [0, 0.1) is 11.2 Å². The van der Waals surface area contributed by atoms with Gasteiger partial charge < -0.3 is 10.5 Å². The van der Waals surface area contributed by atoms with Crippen LogP contribution in [0.15, 0.2) is 18.2 Å². The lowest BCUT2D eigenvalue weighted by Gasteiger charge is -2.39. The van der Waals surface area contributed by atoms with Crippen LogP contribution >= 0.6 is 0 Å². The number of nitrogens with zero attached hydrogens (tertiary/aromatic N) is 1. The van der Waals surface area contributed by atoms with E-state index in [4.69, 9.17) is 15.9 Å². The molecule has 5 heteroatoms. The number of nitrogens with one attached hydrogen (secondary N) is 1. The molecule has 1 fully saturated rings. The van der Waals surface area contributed by atoms with Gasteiger partial charge in [0.15, 0.2) is 0 Å². The Morgan fingerprint density at radius 3 is 2.95 bits per heavy atom. The minimum Gasteiger partial charge on any atom is -0.384 e. The van der Waals surface area contributed by atoms with E-state index < -0.39 is 0 Å². The average molecular weight is 279 g/mol. The van der Waals surface area contributed by atoms with Crippen LogP contribution in [0.2, 0.25) is 0 Å². The molecule has 1 aromatic rings. The molecule has 1 unspecified atom stereocenters. The first kappa shape index (κ1) is 14.9. The van der Waals surface area contributed by atoms with Gasteiger partial charge in [0.1, 0.15) is 11.7 Å². The molecule has 1 aliphatic rings. The Bertz CT molecular complexity index is 506. The summed E-state index contributed by atoms with van der Waals surface area (Å²) in [5.74, 6) is -0.453. The van der Waals surface area contributed by atoms with E-state index in [1.165, 1.54) is 12.1 Å². The molecule has 0 aromatic heterocycles. The number of halogens is 1. The highest BCUT2D eigenvalue weighted by Gasteiger charge is 2.30. The summed E-state index contributed by atoms with van der Waals surface area (Å²) in [6.45, 7) is 4.58. The van der Waals surface area contributed by atoms with E-state index in [0.29, 0.717) is 12.1 Å². The lowest BCUT2D eigenvalue weighted by molar-refractivity contribution is -0.0527. The van der Waals surface area contributed by atoms with Crippen molar-refractivity contribution in [1.29, 1.82) is 5.41 Å². The molecule has 3 N–H and O–H groups in total. The molecule has 1 heterocycles. The van der Waals surface area contributed by atoms with E-state index in [2.05, 4.69) is 11.8 Å². The summed E-state index contributed by atoms with van der Waals surface area (Å²) in [4.78, 5) is 2.27. The highest BCUT2D eigenvalue weighted by atomic mass is 19.1. The van der Waals surface area contributed by atoms with Gasteiger partial charge in [-0.3, -0.25) is 10.3 Å². The van der Waals surface area contributed by atoms with Gasteiger partial charge in [0.25, 0.3) is 0 Å². The fourth-order valence-corrected chi connectivity index (χ4v) is 2.79. The number of hydrogen-bond donors (Lipinski definition) is 2. The molecule has 2 rings (SSSR count). The van der Waals surface area contributed by atoms with Crippen molar-refractivity contribution in [3.8, 4) is 0 Å². The van der Waals surface area contributed by atoms with Crippen LogP contribution in [0.3, 0.4) is 0 Å². The van der Waals surface area contributed by atoms with Gasteiger partial charge in [-0.2, -0.15) is 0 Å². The molecule has 1 saturated heterocycles. The van der Waals surface area contributed by atoms with Crippen molar-refractivity contribution in [3.63, 3.8) is 0 Å². The monoisotopic (exact) mass is 279 g/mol. The second kappa shape index (κ2) is 5.89. The number of rotatable bonds is 4. The number of benzene rings is 1. The zero-order valence-electron chi connectivity index (χ0n) is 12.1. The number of hydrogen-bond acceptors (Lipinski definition) is 3. The van der Waals surface area contributed by atoms with E-state index in [9.17, 15) is 4.39 Å². The molecule has 0 spiro atoms. The highest BCUT2D eigenvalue weighted by Crippen LogP contribution is 2.25. The molecular formula is C15H22FN3O. The smallest absolute Gasteiger partial charge is 0.123 e. The van der Waals surface area contributed by atoms with Crippen LogP contribution in [0.5, 0.6) is 0 Å². The van der Waals surface area contributed by atoms with Crippen LogP contribution in [0.25, 0.3) is 0 Å². The van der Waals surface area contributed by atoms with Crippen LogP contribution < -0.4 is 5.73 Å². The summed E-state index contributed by atoms with van der Waals surface area (Å²) < 4.78 is 18.9. The van der Waals surface area contributed by atoms with E-state index in [1.807, 2.05) is 0 Å². The van der Waals surface area contributed by atoms with E-state index in [1.54, 1.807) is 13.2 Å². The summed E-state index contributed by atoms with van der Waals surface area (Å²) in [6.07, 6.45) is 2.12. The van der Waals surface area contributed by atoms with Crippen LogP contribution in [-0.4, -0.2) is 36.5 Å². The first-order valence-electron chi connectivity index (χ1n) is 6.84. The third kappa shape index (κ3) is 3.35. The summed E-state index contributed by atoms with van der Waals surface area (Å²) in [6, 6.07) is 4.46. The predicted octanol–water partition coefficient (Wildman–Crippen LogP) is 2.11. The van der Waals surface area contributed by atoms with Crippen LogP contribution in [0.4, 0.5) is 4.39 Å². The number of methoxy groups -OCH3 is 1. The Balaban J connectivity index is 2.16. The Morgan fingerprint density at radius 1 is 1.55 bits per heavy atom. The van der Waals surface area contributed by atoms with Crippen LogP contribution in [-0.2, 0) is 11.3 Å². The number of amidine groups is 1. The molecule has 1 aliphatic heterocycles. The fraction of sp³-hybridized carbons (Fsp3) is 0.533. The van der Waals surface area contributed by atoms with Gasteiger partial charge in [0.05, 0.1) is 5.60 Å². The Hall–Kier alpha value is -1.46. The van der Waals surface area contributed by atoms with Crippen molar-refractivity contribution < 1.29 is 9.13 Å². The van der Waals surface area contributed by atoms with E-state index in [0.717, 1.165) is 31.5 Å². The molecule has 110 valence electrons. The summed E-state index contributed by atoms with van der Waals surface area (Å²) in [5.41, 5.74) is 6.78. The highest BCUT2D eigenvalue weighted by molar-refractivity contribution is 5.96. The number of ether oxygens (including phenoxy) is 1. The third-order valence-electron chi connectivity index (χ3n) is 3.99. The topological polar surface area (TPSA) is 62.3 Å². The number of piperidine rings is 1. The number of nitrogens with two attached hydrogens (primary N) is 1. The lowest BCUT2D eigenvalue weighted by Crippen LogP contribution is -2.47. The molecule has 0 radical (unpaired) electrons. The number of nitrogen functional groups attached to an aromatic ring is 1. The van der Waals surface area contributed by atoms with Crippen molar-refractivity contribution in [3.05, 3.63) is 35.1 Å². The Morgan fingerprint density at radius 2 is 2.30 bits per heavy atom. The van der Waals surface area contributed by atoms with Gasteiger partial charge in [0.2, 0.25) is 0 Å². The SMILES string of the molecule is COC1(C)CCCN(Cc2ccc(F)cc2C(=N)N)C1. The normalized spacial score (nSPS) is 23.8. The molecule has 0 aliphatic carbocycles. The van der Waals surface area contributed by atoms with Gasteiger partial charge in [0, 0.05) is 25.8 Å². The van der Waals surface area contributed by atoms with E-state index >= 15 is 0 Å². The first-order valence-corrected chi connectivity index (χ1v) is 6.84. The standard InChI is InChI=1S/C15H22FN3O/c1-15(20-2)6-3-7-19(10-15)9-11-4-5-12(16)8-13(11)14(17)18/h4-5,8H,3,6-7,9-10H2,1-2H3,(H3,17,18). The zero-order valence-corrected chi connectivity index (χ0v) is 12.1. The predicted molar refractivity (Wildman–Crippen MR) is 77.3 cm³/mol. The maximum atomic E-state index is 13.3. The Kier molecular flexibility index (Phi) is 4.40. The van der Waals surface area contributed by atoms with Gasteiger partial charge in [-0.15, -0.1) is 0 Å². The molecule has 0 amide bonds. The van der Waals surface area contributed by atoms with Gasteiger partial charge >= 0.3 is 0 Å². The summed E-state index contributed by atoms with van der Waals surface area (Å²) >= 11 is 0. The molecule has 0 saturated carbocycles. The largest absolute Gasteiger partial charge is 0.384 e. The average Bonchev–Trinajstić information content (AvgIpc) is 2.41. The molecular weight excluding hydrogens is 257 g/mol. The molecule has 1 aromatic carbocycles. The maximum absolute atomic E-state index is 13.3. The maximum Gasteiger partial charge on any atom is 0.123 e. The van der Waals surface area contributed by atoms with Crippen molar-refractivity contribution in [2.45, 2.75) is 31.9 Å². The molecule has 0 bridgehead atoms. The second-order valence-corrected chi connectivity index (χ2v) is 5.68. The quantitative estimate of drug-likeness (QED) is 0.655. The second-order valence-electron chi connectivity index (χ2n) is 5.68. The van der Waals surface area contributed by atoms with Gasteiger partial charge in [-0.05, 0) is 44.0 Å². The minimum atomic E-state index is -0.362. The van der Waals surface area contributed by atoms with Crippen molar-refractivity contribution in [2.24, 2.45) is 5.73 Å². The van der Waals surface area contributed by atoms with Crippen molar-refractivity contribution in [2.75, 3.05) is 20.2 Å². The summed E-state index contributed by atoms with van der Waals surface area (Å²) in [5, 5.41) is 7.57. The lowest BCUT2D eigenvalue weighted by atomic mass is 9.94. The molecule has 20 heavy (non-hydrogen) atoms. The fourth-order valence-electron chi connectivity index (χ4n) is 2.79.